The first kappa shape index (κ1) is 20.2. The van der Waals surface area contributed by atoms with Gasteiger partial charge < -0.3 is 0 Å². The van der Waals surface area contributed by atoms with Gasteiger partial charge in [0.1, 0.15) is 0 Å². The van der Waals surface area contributed by atoms with Crippen molar-refractivity contribution in [2.24, 2.45) is 0 Å². The van der Waals surface area contributed by atoms with Crippen LogP contribution in [0.3, 0.4) is 0 Å². The zero-order valence-electron chi connectivity index (χ0n) is 12.7. The maximum absolute atomic E-state index is 12.5. The van der Waals surface area contributed by atoms with Crippen LogP contribution in [0.4, 0.5) is 5.69 Å². The third kappa shape index (κ3) is 4.72. The Bertz CT molecular complexity index is 1230. The van der Waals surface area contributed by atoms with Crippen molar-refractivity contribution in [1.82, 2.24) is 0 Å². The number of sulfone groups is 1. The van der Waals surface area contributed by atoms with Crippen molar-refractivity contribution in [3.8, 4) is 0 Å². The van der Waals surface area contributed by atoms with Crippen LogP contribution in [-0.4, -0.2) is 46.7 Å². The van der Waals surface area contributed by atoms with Crippen LogP contribution in [0.5, 0.6) is 0 Å². The monoisotopic (exact) mass is 423 g/mol. The Kier molecular flexibility index (Phi) is 5.33. The lowest BCUT2D eigenvalue weighted by molar-refractivity contribution is 0.284. The largest absolute Gasteiger partial charge is 0.397 e. The lowest BCUT2D eigenvalue weighted by atomic mass is 10.1. The molecule has 0 aromatic heterocycles. The van der Waals surface area contributed by atoms with Crippen LogP contribution in [0.2, 0.25) is 0 Å². The van der Waals surface area contributed by atoms with E-state index in [9.17, 15) is 29.8 Å². The number of fused-ring (bicyclic) bond motifs is 1. The van der Waals surface area contributed by atoms with Crippen molar-refractivity contribution in [2.75, 3.05) is 12.4 Å². The van der Waals surface area contributed by atoms with E-state index in [4.69, 9.17) is 9.95 Å². The SMILES string of the molecule is N#[N+]c1ccc2cc(S(=O)(=O)O)cc(S(=O)(=O)CCOS(=O)(=O)O)c2c1. The average Bonchev–Trinajstić information content (AvgIpc) is 2.50. The van der Waals surface area contributed by atoms with E-state index in [2.05, 4.69) is 9.16 Å². The molecule has 0 spiro atoms. The van der Waals surface area contributed by atoms with Crippen molar-refractivity contribution in [2.45, 2.75) is 9.79 Å². The second-order valence-electron chi connectivity index (χ2n) is 4.97. The van der Waals surface area contributed by atoms with Gasteiger partial charge in [-0.05, 0) is 23.6 Å². The molecule has 0 saturated carbocycles. The lowest BCUT2D eigenvalue weighted by Gasteiger charge is -2.09. The quantitative estimate of drug-likeness (QED) is 0.505. The predicted molar refractivity (Wildman–Crippen MR) is 88.1 cm³/mol. The van der Waals surface area contributed by atoms with Crippen LogP contribution in [0.1, 0.15) is 0 Å². The molecule has 2 aromatic rings. The Morgan fingerprint density at radius 2 is 1.65 bits per heavy atom. The first-order chi connectivity index (χ1) is 11.8. The summed E-state index contributed by atoms with van der Waals surface area (Å²) in [6, 6.07) is 5.39. The van der Waals surface area contributed by atoms with E-state index in [1.165, 1.54) is 12.1 Å². The van der Waals surface area contributed by atoms with Crippen molar-refractivity contribution < 1.29 is 38.5 Å². The summed E-state index contributed by atoms with van der Waals surface area (Å²) in [5.74, 6) is -0.919. The highest BCUT2D eigenvalue weighted by Crippen LogP contribution is 2.31. The van der Waals surface area contributed by atoms with Gasteiger partial charge in [0.2, 0.25) is 5.39 Å². The summed E-state index contributed by atoms with van der Waals surface area (Å²) in [5, 5.41) is 8.90. The summed E-state index contributed by atoms with van der Waals surface area (Å²) in [5.41, 5.74) is -0.0252. The molecule has 0 aliphatic heterocycles. The van der Waals surface area contributed by atoms with Crippen LogP contribution < -0.4 is 0 Å². The summed E-state index contributed by atoms with van der Waals surface area (Å²) in [7, 11) is -13.9. The molecule has 0 heterocycles. The van der Waals surface area contributed by atoms with Crippen LogP contribution in [0.25, 0.3) is 15.7 Å². The van der Waals surface area contributed by atoms with E-state index in [1.54, 1.807) is 0 Å². The molecule has 0 unspecified atom stereocenters. The van der Waals surface area contributed by atoms with Crippen molar-refractivity contribution in [3.05, 3.63) is 35.3 Å². The Hall–Kier alpha value is -2.15. The average molecular weight is 423 g/mol. The molecule has 0 fully saturated rings. The molecule has 2 aromatic carbocycles. The van der Waals surface area contributed by atoms with E-state index >= 15 is 0 Å². The summed E-state index contributed by atoms with van der Waals surface area (Å²) < 4.78 is 90.4. The van der Waals surface area contributed by atoms with Crippen LogP contribution in [0.15, 0.2) is 40.1 Å². The van der Waals surface area contributed by atoms with Gasteiger partial charge in [-0.3, -0.25) is 9.11 Å². The summed E-state index contributed by atoms with van der Waals surface area (Å²) in [4.78, 5) is 1.65. The van der Waals surface area contributed by atoms with Gasteiger partial charge in [0.05, 0.1) is 22.2 Å². The molecular weight excluding hydrogens is 412 g/mol. The van der Waals surface area contributed by atoms with Gasteiger partial charge in [-0.2, -0.15) is 16.8 Å². The second kappa shape index (κ2) is 6.87. The molecular formula is C12H11N2O9S3+. The van der Waals surface area contributed by atoms with Gasteiger partial charge in [0.15, 0.2) is 14.8 Å². The smallest absolute Gasteiger partial charge is 0.282 e. The van der Waals surface area contributed by atoms with Crippen LogP contribution >= 0.6 is 0 Å². The van der Waals surface area contributed by atoms with Crippen molar-refractivity contribution >= 4 is 46.8 Å². The molecule has 2 N–H and O–H groups in total. The molecule has 11 nitrogen and oxygen atoms in total. The van der Waals surface area contributed by atoms with Gasteiger partial charge in [-0.15, -0.1) is 0 Å². The zero-order valence-corrected chi connectivity index (χ0v) is 15.1. The number of diazo groups is 1. The molecule has 0 radical (unpaired) electrons. The molecule has 0 bridgehead atoms. The lowest BCUT2D eigenvalue weighted by Crippen LogP contribution is -2.16. The van der Waals surface area contributed by atoms with E-state index < -0.39 is 52.5 Å². The Morgan fingerprint density at radius 3 is 2.19 bits per heavy atom. The zero-order chi connectivity index (χ0) is 19.8. The number of hydrogen-bond donors (Lipinski definition) is 2. The fraction of sp³-hybridized carbons (Fsp3) is 0.167. The van der Waals surface area contributed by atoms with Crippen LogP contribution in [0, 0.1) is 5.39 Å². The number of rotatable bonds is 6. The maximum atomic E-state index is 12.5. The maximum Gasteiger partial charge on any atom is 0.397 e. The second-order valence-corrected chi connectivity index (χ2v) is 9.56. The fourth-order valence-electron chi connectivity index (χ4n) is 2.11. The number of hydrogen-bond acceptors (Lipinski definition) is 8. The Morgan fingerprint density at radius 1 is 1.00 bits per heavy atom. The van der Waals surface area contributed by atoms with Gasteiger partial charge in [0.25, 0.3) is 10.1 Å². The third-order valence-corrected chi connectivity index (χ3v) is 6.21. The minimum absolute atomic E-state index is 0.0252. The van der Waals surface area contributed by atoms with E-state index in [0.29, 0.717) is 6.07 Å². The van der Waals surface area contributed by atoms with Crippen molar-refractivity contribution in [1.29, 1.82) is 5.39 Å². The Labute approximate surface area is 148 Å². The molecule has 14 heteroatoms. The first-order valence-electron chi connectivity index (χ1n) is 6.58. The third-order valence-electron chi connectivity index (χ3n) is 3.21. The Balaban J connectivity index is 2.67. The van der Waals surface area contributed by atoms with E-state index in [-0.39, 0.29) is 16.5 Å². The molecule has 0 atom stereocenters. The van der Waals surface area contributed by atoms with Gasteiger partial charge >= 0.3 is 16.1 Å². The normalized spacial score (nSPS) is 12.8. The highest BCUT2D eigenvalue weighted by atomic mass is 32.3. The van der Waals surface area contributed by atoms with Gasteiger partial charge in [-0.25, -0.2) is 12.6 Å². The standard InChI is InChI=1S/C12H10N2O9S3/c13-14-9-2-1-8-5-10(25(17,18)19)7-12(11(8)6-9)24(15,16)4-3-23-26(20,21)22/h1-2,5-7H,3-4H2,(H-,17,18,19,20,21,22)/p+1. The summed E-state index contributed by atoms with van der Waals surface area (Å²) in [6.07, 6.45) is 0. The van der Waals surface area contributed by atoms with Crippen molar-refractivity contribution in [3.63, 3.8) is 0 Å². The van der Waals surface area contributed by atoms with E-state index in [1.807, 2.05) is 0 Å². The highest BCUT2D eigenvalue weighted by molar-refractivity contribution is 7.91. The summed E-state index contributed by atoms with van der Waals surface area (Å²) in [6.45, 7) is -0.928. The molecule has 0 aliphatic carbocycles. The molecule has 0 saturated heterocycles. The van der Waals surface area contributed by atoms with Gasteiger partial charge in [0, 0.05) is 17.5 Å². The molecule has 0 amide bonds. The highest BCUT2D eigenvalue weighted by Gasteiger charge is 2.24. The molecule has 140 valence electrons. The topological polar surface area (TPSA) is 180 Å². The summed E-state index contributed by atoms with van der Waals surface area (Å²) >= 11 is 0. The first-order valence-corrected chi connectivity index (χ1v) is 11.0. The van der Waals surface area contributed by atoms with E-state index in [0.717, 1.165) is 12.1 Å². The number of benzene rings is 2. The predicted octanol–water partition coefficient (Wildman–Crippen LogP) is 1.16. The molecule has 0 aliphatic rings. The number of nitrogens with zero attached hydrogens (tertiary/aromatic N) is 2. The minimum atomic E-state index is -4.86. The van der Waals surface area contributed by atoms with Crippen LogP contribution in [-0.2, 0) is 34.5 Å². The molecule has 26 heavy (non-hydrogen) atoms. The molecule has 2 rings (SSSR count). The fourth-order valence-corrected chi connectivity index (χ4v) is 4.47. The van der Waals surface area contributed by atoms with Gasteiger partial charge in [-0.1, -0.05) is 0 Å². The minimum Gasteiger partial charge on any atom is -0.282 e.